The zero-order chi connectivity index (χ0) is 16.2. The van der Waals surface area contributed by atoms with E-state index in [1.807, 2.05) is 0 Å². The van der Waals surface area contributed by atoms with E-state index < -0.39 is 0 Å². The third-order valence-corrected chi connectivity index (χ3v) is 5.28. The maximum atomic E-state index is 12.0. The summed E-state index contributed by atoms with van der Waals surface area (Å²) in [5.74, 6) is 0.524. The van der Waals surface area contributed by atoms with Gasteiger partial charge in [-0.25, -0.2) is 4.79 Å². The van der Waals surface area contributed by atoms with Gasteiger partial charge in [-0.2, -0.15) is 0 Å². The normalized spacial score (nSPS) is 24.9. The van der Waals surface area contributed by atoms with E-state index in [1.165, 1.54) is 5.69 Å². The molecule has 2 aliphatic rings. The van der Waals surface area contributed by atoms with Crippen molar-refractivity contribution in [1.82, 2.24) is 15.5 Å². The predicted octanol–water partition coefficient (Wildman–Crippen LogP) is 2.28. The highest BCUT2D eigenvalue weighted by Gasteiger charge is 2.24. The lowest BCUT2D eigenvalue weighted by Gasteiger charge is -2.19. The lowest BCUT2D eigenvalue weighted by Crippen LogP contribution is -2.44. The van der Waals surface area contributed by atoms with Gasteiger partial charge in [-0.05, 0) is 56.6 Å². The first-order valence-electron chi connectivity index (χ1n) is 8.33. The van der Waals surface area contributed by atoms with Gasteiger partial charge in [-0.15, -0.1) is 0 Å². The number of amides is 2. The van der Waals surface area contributed by atoms with E-state index in [-0.39, 0.29) is 6.03 Å². The molecule has 2 N–H and O–H groups in total. The number of urea groups is 1. The number of rotatable bonds is 4. The van der Waals surface area contributed by atoms with Crippen molar-refractivity contribution in [3.63, 3.8) is 0 Å². The standard InChI is InChI=1S/C17H25BrN4O/c1-21-8-7-15(12-21)20-17(23)19-10-13-6-9-22(11-13)16-4-2-14(18)3-5-16/h2-5,13,15H,6-12H2,1H3,(H2,19,20,23)/t13-,15+/m0/s1. The van der Waals surface area contributed by atoms with Crippen LogP contribution in [0.1, 0.15) is 12.8 Å². The Labute approximate surface area is 146 Å². The third-order valence-electron chi connectivity index (χ3n) is 4.76. The van der Waals surface area contributed by atoms with Gasteiger partial charge in [0.25, 0.3) is 0 Å². The Morgan fingerprint density at radius 2 is 2.00 bits per heavy atom. The molecule has 0 saturated carbocycles. The number of carbonyl (C=O) groups is 1. The van der Waals surface area contributed by atoms with Crippen LogP contribution in [0, 0.1) is 5.92 Å². The number of nitrogens with zero attached hydrogens (tertiary/aromatic N) is 2. The van der Waals surface area contributed by atoms with E-state index in [9.17, 15) is 4.79 Å². The Balaban J connectivity index is 1.40. The summed E-state index contributed by atoms with van der Waals surface area (Å²) >= 11 is 3.47. The summed E-state index contributed by atoms with van der Waals surface area (Å²) in [6.45, 7) is 4.84. The minimum Gasteiger partial charge on any atom is -0.371 e. The Bertz CT molecular complexity index is 536. The van der Waals surface area contributed by atoms with E-state index in [1.54, 1.807) is 0 Å². The van der Waals surface area contributed by atoms with Gasteiger partial charge in [0.05, 0.1) is 0 Å². The van der Waals surface area contributed by atoms with Crippen molar-refractivity contribution in [2.45, 2.75) is 18.9 Å². The highest BCUT2D eigenvalue weighted by molar-refractivity contribution is 9.10. The van der Waals surface area contributed by atoms with E-state index in [2.05, 4.69) is 67.7 Å². The van der Waals surface area contributed by atoms with Gasteiger partial charge in [-0.1, -0.05) is 15.9 Å². The molecule has 23 heavy (non-hydrogen) atoms. The summed E-state index contributed by atoms with van der Waals surface area (Å²) in [6.07, 6.45) is 2.17. The highest BCUT2D eigenvalue weighted by Crippen LogP contribution is 2.24. The molecule has 2 amide bonds. The number of nitrogens with one attached hydrogen (secondary N) is 2. The molecule has 0 bridgehead atoms. The largest absolute Gasteiger partial charge is 0.371 e. The van der Waals surface area contributed by atoms with Gasteiger partial charge in [-0.3, -0.25) is 0 Å². The maximum absolute atomic E-state index is 12.0. The van der Waals surface area contributed by atoms with Gasteiger partial charge in [0.15, 0.2) is 0 Å². The number of likely N-dealkylation sites (N-methyl/N-ethyl adjacent to an activating group) is 1. The quantitative estimate of drug-likeness (QED) is 0.842. The Hall–Kier alpha value is -1.27. The molecule has 126 valence electrons. The number of carbonyl (C=O) groups excluding carboxylic acids is 1. The highest BCUT2D eigenvalue weighted by atomic mass is 79.9. The summed E-state index contributed by atoms with van der Waals surface area (Å²) in [5, 5.41) is 6.12. The van der Waals surface area contributed by atoms with E-state index in [4.69, 9.17) is 0 Å². The zero-order valence-electron chi connectivity index (χ0n) is 13.6. The molecule has 1 aromatic carbocycles. The third kappa shape index (κ3) is 4.61. The molecule has 6 heteroatoms. The Morgan fingerprint density at radius 1 is 1.22 bits per heavy atom. The van der Waals surface area contributed by atoms with Gasteiger partial charge in [0, 0.05) is 42.4 Å². The van der Waals surface area contributed by atoms with Crippen LogP contribution in [0.5, 0.6) is 0 Å². The van der Waals surface area contributed by atoms with Crippen LogP contribution < -0.4 is 15.5 Å². The average molecular weight is 381 g/mol. The summed E-state index contributed by atoms with van der Waals surface area (Å²) in [7, 11) is 2.09. The van der Waals surface area contributed by atoms with Crippen molar-refractivity contribution >= 4 is 27.6 Å². The first-order valence-corrected chi connectivity index (χ1v) is 9.13. The van der Waals surface area contributed by atoms with Crippen molar-refractivity contribution in [3.8, 4) is 0 Å². The van der Waals surface area contributed by atoms with Gasteiger partial charge < -0.3 is 20.4 Å². The van der Waals surface area contributed by atoms with Crippen LogP contribution in [0.2, 0.25) is 0 Å². The van der Waals surface area contributed by atoms with Crippen molar-refractivity contribution in [1.29, 1.82) is 0 Å². The molecule has 2 fully saturated rings. The van der Waals surface area contributed by atoms with Crippen molar-refractivity contribution in [3.05, 3.63) is 28.7 Å². The topological polar surface area (TPSA) is 47.6 Å². The molecular formula is C17H25BrN4O. The number of anilines is 1. The van der Waals surface area contributed by atoms with Gasteiger partial charge in [0.2, 0.25) is 0 Å². The summed E-state index contributed by atoms with van der Waals surface area (Å²) in [5.41, 5.74) is 1.26. The van der Waals surface area contributed by atoms with Crippen LogP contribution in [0.4, 0.5) is 10.5 Å². The molecule has 1 aromatic rings. The van der Waals surface area contributed by atoms with Crippen LogP contribution in [-0.2, 0) is 0 Å². The average Bonchev–Trinajstić information content (AvgIpc) is 3.15. The van der Waals surface area contributed by atoms with Crippen LogP contribution in [0.15, 0.2) is 28.7 Å². The SMILES string of the molecule is CN1CC[C@@H](NC(=O)NC[C@@H]2CCN(c3ccc(Br)cc3)C2)C1. The fourth-order valence-electron chi connectivity index (χ4n) is 3.41. The van der Waals surface area contributed by atoms with E-state index >= 15 is 0 Å². The van der Waals surface area contributed by atoms with Gasteiger partial charge in [0.1, 0.15) is 0 Å². The first kappa shape index (κ1) is 16.6. The molecule has 0 spiro atoms. The number of likely N-dealkylation sites (tertiary alicyclic amines) is 1. The summed E-state index contributed by atoms with van der Waals surface area (Å²) in [6, 6.07) is 8.71. The fraction of sp³-hybridized carbons (Fsp3) is 0.588. The van der Waals surface area contributed by atoms with Gasteiger partial charge >= 0.3 is 6.03 Å². The molecule has 3 rings (SSSR count). The smallest absolute Gasteiger partial charge is 0.315 e. The van der Waals surface area contributed by atoms with Crippen LogP contribution in [0.25, 0.3) is 0 Å². The minimum atomic E-state index is -0.0209. The second kappa shape index (κ2) is 7.53. The molecular weight excluding hydrogens is 356 g/mol. The minimum absolute atomic E-state index is 0.0209. The molecule has 0 aliphatic carbocycles. The van der Waals surface area contributed by atoms with Crippen LogP contribution in [0.3, 0.4) is 0 Å². The monoisotopic (exact) mass is 380 g/mol. The lowest BCUT2D eigenvalue weighted by atomic mass is 10.1. The second-order valence-corrected chi connectivity index (χ2v) is 7.60. The molecule has 0 radical (unpaired) electrons. The Morgan fingerprint density at radius 3 is 2.70 bits per heavy atom. The molecule has 2 aliphatic heterocycles. The second-order valence-electron chi connectivity index (χ2n) is 6.68. The van der Waals surface area contributed by atoms with E-state index in [0.29, 0.717) is 12.0 Å². The number of halogens is 1. The lowest BCUT2D eigenvalue weighted by molar-refractivity contribution is 0.235. The van der Waals surface area contributed by atoms with Crippen molar-refractivity contribution < 1.29 is 4.79 Å². The molecule has 2 saturated heterocycles. The Kier molecular flexibility index (Phi) is 5.43. The maximum Gasteiger partial charge on any atom is 0.315 e. The zero-order valence-corrected chi connectivity index (χ0v) is 15.2. The number of benzene rings is 1. The van der Waals surface area contributed by atoms with Crippen LogP contribution >= 0.6 is 15.9 Å². The fourth-order valence-corrected chi connectivity index (χ4v) is 3.68. The van der Waals surface area contributed by atoms with Crippen LogP contribution in [-0.4, -0.2) is 56.7 Å². The molecule has 0 unspecified atom stereocenters. The molecule has 5 nitrogen and oxygen atoms in total. The number of hydrogen-bond acceptors (Lipinski definition) is 3. The van der Waals surface area contributed by atoms with Crippen molar-refractivity contribution in [2.24, 2.45) is 5.92 Å². The predicted molar refractivity (Wildman–Crippen MR) is 96.9 cm³/mol. The van der Waals surface area contributed by atoms with Crippen molar-refractivity contribution in [2.75, 3.05) is 44.7 Å². The summed E-state index contributed by atoms with van der Waals surface area (Å²) in [4.78, 5) is 16.6. The molecule has 0 aromatic heterocycles. The molecule has 2 heterocycles. The molecule has 2 atom stereocenters. The first-order chi connectivity index (χ1) is 11.1. The van der Waals surface area contributed by atoms with E-state index in [0.717, 1.165) is 50.0 Å². The number of hydrogen-bond donors (Lipinski definition) is 2. The summed E-state index contributed by atoms with van der Waals surface area (Å²) < 4.78 is 1.10.